The smallest absolute Gasteiger partial charge is 0.391 e. The third-order valence-corrected chi connectivity index (χ3v) is 2.99. The normalized spacial score (nSPS) is 16.2. The van der Waals surface area contributed by atoms with Gasteiger partial charge in [0.2, 0.25) is 0 Å². The van der Waals surface area contributed by atoms with Gasteiger partial charge in [-0.15, -0.1) is 0 Å². The van der Waals surface area contributed by atoms with E-state index in [1.165, 1.54) is 0 Å². The third-order valence-electron chi connectivity index (χ3n) is 2.99. The van der Waals surface area contributed by atoms with Gasteiger partial charge in [-0.3, -0.25) is 0 Å². The van der Waals surface area contributed by atoms with Crippen LogP contribution in [-0.4, -0.2) is 24.0 Å². The molecule has 100 valence electrons. The Hall–Kier alpha value is -1.23. The Kier molecular flexibility index (Phi) is 3.80. The van der Waals surface area contributed by atoms with E-state index in [1.807, 2.05) is 18.2 Å². The van der Waals surface area contributed by atoms with Crippen LogP contribution in [0, 0.1) is 0 Å². The number of alkyl halides is 3. The zero-order chi connectivity index (χ0) is 13.2. The van der Waals surface area contributed by atoms with Gasteiger partial charge in [-0.05, 0) is 30.0 Å². The molecule has 1 aliphatic heterocycles. The maximum atomic E-state index is 12.0. The Morgan fingerprint density at radius 1 is 1.33 bits per heavy atom. The highest BCUT2D eigenvalue weighted by Gasteiger charge is 2.30. The van der Waals surface area contributed by atoms with Crippen molar-refractivity contribution >= 4 is 0 Å². The average Bonchev–Trinajstić information content (AvgIpc) is 2.71. The number of hydrogen-bond acceptors (Lipinski definition) is 2. The number of benzene rings is 1. The molecule has 0 aliphatic carbocycles. The van der Waals surface area contributed by atoms with E-state index in [2.05, 4.69) is 0 Å². The van der Waals surface area contributed by atoms with Crippen molar-refractivity contribution in [2.45, 2.75) is 38.0 Å². The first-order valence-electron chi connectivity index (χ1n) is 5.93. The fraction of sp³-hybridized carbons (Fsp3) is 0.538. The van der Waals surface area contributed by atoms with Crippen LogP contribution in [0.15, 0.2) is 18.2 Å². The Morgan fingerprint density at radius 2 is 2.11 bits per heavy atom. The highest BCUT2D eigenvalue weighted by atomic mass is 19.4. The van der Waals surface area contributed by atoms with Crippen LogP contribution in [0.3, 0.4) is 0 Å². The summed E-state index contributed by atoms with van der Waals surface area (Å²) in [4.78, 5) is 0. The highest BCUT2D eigenvalue weighted by molar-refractivity contribution is 5.39. The van der Waals surface area contributed by atoms with E-state index in [-0.39, 0.29) is 6.42 Å². The molecule has 1 aromatic carbocycles. The molecule has 0 aromatic heterocycles. The minimum atomic E-state index is -4.30. The molecule has 1 aromatic rings. The predicted octanol–water partition coefficient (Wildman–Crippen LogP) is 2.87. The number of aliphatic hydroxyl groups excluding tert-OH is 1. The second-order valence-corrected chi connectivity index (χ2v) is 4.55. The van der Waals surface area contributed by atoms with Crippen LogP contribution in [0.25, 0.3) is 0 Å². The fourth-order valence-electron chi connectivity index (χ4n) is 2.10. The summed E-state index contributed by atoms with van der Waals surface area (Å²) in [5.74, 6) is 0.856. The summed E-state index contributed by atoms with van der Waals surface area (Å²) in [5, 5.41) is 9.29. The molecule has 1 heterocycles. The summed E-state index contributed by atoms with van der Waals surface area (Å²) in [5.41, 5.74) is 2.04. The van der Waals surface area contributed by atoms with E-state index in [1.54, 1.807) is 0 Å². The van der Waals surface area contributed by atoms with Crippen LogP contribution in [0.1, 0.15) is 24.0 Å². The Balaban J connectivity index is 1.87. The monoisotopic (exact) mass is 260 g/mol. The van der Waals surface area contributed by atoms with Gasteiger partial charge in [0.15, 0.2) is 0 Å². The molecule has 0 bridgehead atoms. The molecular weight excluding hydrogens is 245 g/mol. The Bertz CT molecular complexity index is 415. The van der Waals surface area contributed by atoms with Crippen molar-refractivity contribution in [2.75, 3.05) is 6.61 Å². The number of ether oxygens (including phenoxy) is 1. The van der Waals surface area contributed by atoms with Crippen LogP contribution in [0.2, 0.25) is 0 Å². The van der Waals surface area contributed by atoms with Crippen molar-refractivity contribution in [1.29, 1.82) is 0 Å². The second kappa shape index (κ2) is 5.18. The van der Waals surface area contributed by atoms with E-state index in [4.69, 9.17) is 4.74 Å². The topological polar surface area (TPSA) is 29.5 Å². The second-order valence-electron chi connectivity index (χ2n) is 4.55. The van der Waals surface area contributed by atoms with Crippen LogP contribution in [0.4, 0.5) is 13.2 Å². The fourth-order valence-corrected chi connectivity index (χ4v) is 2.10. The van der Waals surface area contributed by atoms with Gasteiger partial charge in [0, 0.05) is 6.42 Å². The molecule has 1 N–H and O–H groups in total. The lowest BCUT2D eigenvalue weighted by atomic mass is 10.0. The number of aliphatic hydroxyl groups is 1. The van der Waals surface area contributed by atoms with Gasteiger partial charge in [0.25, 0.3) is 0 Å². The maximum absolute atomic E-state index is 12.0. The summed E-state index contributed by atoms with van der Waals surface area (Å²) in [7, 11) is 0. The zero-order valence-electron chi connectivity index (χ0n) is 9.83. The number of fused-ring (bicyclic) bond motifs is 1. The molecule has 2 nitrogen and oxygen atoms in total. The summed E-state index contributed by atoms with van der Waals surface area (Å²) < 4.78 is 41.5. The van der Waals surface area contributed by atoms with Crippen molar-refractivity contribution in [2.24, 2.45) is 0 Å². The largest absolute Gasteiger partial charge is 0.493 e. The summed E-state index contributed by atoms with van der Waals surface area (Å²) >= 11 is 0. The molecule has 0 radical (unpaired) electrons. The van der Waals surface area contributed by atoms with Gasteiger partial charge in [0.1, 0.15) is 5.75 Å². The van der Waals surface area contributed by atoms with Crippen LogP contribution in [0.5, 0.6) is 5.75 Å². The van der Waals surface area contributed by atoms with E-state index in [9.17, 15) is 18.3 Å². The molecule has 1 unspecified atom stereocenters. The van der Waals surface area contributed by atoms with Crippen LogP contribution in [-0.2, 0) is 12.8 Å². The maximum Gasteiger partial charge on any atom is 0.391 e. The van der Waals surface area contributed by atoms with Gasteiger partial charge < -0.3 is 9.84 Å². The van der Waals surface area contributed by atoms with Gasteiger partial charge in [-0.25, -0.2) is 0 Å². The number of aryl methyl sites for hydroxylation is 1. The molecule has 5 heteroatoms. The summed E-state index contributed by atoms with van der Waals surface area (Å²) in [6.45, 7) is 0.662. The first-order valence-corrected chi connectivity index (χ1v) is 5.93. The molecule has 1 atom stereocenters. The predicted molar refractivity (Wildman–Crippen MR) is 60.6 cm³/mol. The minimum absolute atomic E-state index is 0.124. The molecular formula is C13H15F3O2. The standard InChI is InChI=1S/C13H15F3O2/c14-13(15,16)8-11(17)3-1-9-2-4-12-10(7-9)5-6-18-12/h2,4,7,11,17H,1,3,5-6,8H2. The number of halogens is 3. The van der Waals surface area contributed by atoms with Gasteiger partial charge in [-0.2, -0.15) is 13.2 Å². The average molecular weight is 260 g/mol. The van der Waals surface area contributed by atoms with Gasteiger partial charge >= 0.3 is 6.18 Å². The van der Waals surface area contributed by atoms with Gasteiger partial charge in [0.05, 0.1) is 19.1 Å². The van der Waals surface area contributed by atoms with E-state index in [0.29, 0.717) is 13.0 Å². The number of hydrogen-bond donors (Lipinski definition) is 1. The third kappa shape index (κ3) is 3.63. The lowest BCUT2D eigenvalue weighted by Gasteiger charge is -2.13. The molecule has 0 spiro atoms. The van der Waals surface area contributed by atoms with Crippen molar-refractivity contribution in [3.8, 4) is 5.75 Å². The molecule has 2 rings (SSSR count). The lowest BCUT2D eigenvalue weighted by Crippen LogP contribution is -2.19. The first kappa shape index (κ1) is 13.2. The summed E-state index contributed by atoms with van der Waals surface area (Å²) in [6, 6.07) is 5.63. The highest BCUT2D eigenvalue weighted by Crippen LogP contribution is 2.27. The van der Waals surface area contributed by atoms with E-state index < -0.39 is 18.7 Å². The molecule has 1 aliphatic rings. The van der Waals surface area contributed by atoms with Crippen LogP contribution >= 0.6 is 0 Å². The Morgan fingerprint density at radius 3 is 2.83 bits per heavy atom. The minimum Gasteiger partial charge on any atom is -0.493 e. The van der Waals surface area contributed by atoms with Gasteiger partial charge in [-0.1, -0.05) is 12.1 Å². The lowest BCUT2D eigenvalue weighted by molar-refractivity contribution is -0.153. The molecule has 0 amide bonds. The summed E-state index contributed by atoms with van der Waals surface area (Å²) in [6.07, 6.45) is -5.35. The van der Waals surface area contributed by atoms with Crippen molar-refractivity contribution in [1.82, 2.24) is 0 Å². The molecule has 0 saturated heterocycles. The zero-order valence-corrected chi connectivity index (χ0v) is 9.83. The molecule has 0 fully saturated rings. The Labute approximate surface area is 103 Å². The van der Waals surface area contributed by atoms with Crippen molar-refractivity contribution < 1.29 is 23.0 Å². The van der Waals surface area contributed by atoms with Crippen molar-refractivity contribution in [3.05, 3.63) is 29.3 Å². The number of rotatable bonds is 4. The van der Waals surface area contributed by atoms with Crippen LogP contribution < -0.4 is 4.74 Å². The first-order chi connectivity index (χ1) is 8.44. The molecule has 18 heavy (non-hydrogen) atoms. The quantitative estimate of drug-likeness (QED) is 0.902. The molecule has 0 saturated carbocycles. The van der Waals surface area contributed by atoms with Crippen molar-refractivity contribution in [3.63, 3.8) is 0 Å². The SMILES string of the molecule is OC(CCc1ccc2c(c1)CCO2)CC(F)(F)F. The van der Waals surface area contributed by atoms with E-state index in [0.717, 1.165) is 23.3 Å². The van der Waals surface area contributed by atoms with E-state index >= 15 is 0 Å².